The quantitative estimate of drug-likeness (QED) is 0.164. The summed E-state index contributed by atoms with van der Waals surface area (Å²) in [6.07, 6.45) is 5.11. The Kier molecular flexibility index (Phi) is 10.2. The first-order valence-electron chi connectivity index (χ1n) is 20.0. The molecule has 8 aromatic rings. The van der Waals surface area contributed by atoms with Gasteiger partial charge in [-0.2, -0.15) is 28.4 Å². The summed E-state index contributed by atoms with van der Waals surface area (Å²) in [6, 6.07) is 24.1. The minimum absolute atomic E-state index is 0.0449. The van der Waals surface area contributed by atoms with Gasteiger partial charge in [0.2, 0.25) is 11.6 Å². The Balaban J connectivity index is 0.000000154. The highest BCUT2D eigenvalue weighted by Gasteiger charge is 2.37. The Hall–Kier alpha value is -7.02. The van der Waals surface area contributed by atoms with Crippen LogP contribution in [-0.2, 0) is 6.18 Å². The second-order valence-corrected chi connectivity index (χ2v) is 15.3. The van der Waals surface area contributed by atoms with Crippen molar-refractivity contribution in [1.82, 2.24) is 40.2 Å². The van der Waals surface area contributed by atoms with E-state index >= 15 is 0 Å². The monoisotopic (exact) mass is 811 g/mol. The largest absolute Gasteiger partial charge is 0.418 e. The van der Waals surface area contributed by atoms with Crippen molar-refractivity contribution >= 4 is 33.4 Å². The van der Waals surface area contributed by atoms with Gasteiger partial charge in [0.05, 0.1) is 51.5 Å². The number of aromatic amines is 2. The molecule has 4 aromatic heterocycles. The van der Waals surface area contributed by atoms with Crippen molar-refractivity contribution < 1.29 is 22.2 Å². The van der Waals surface area contributed by atoms with Crippen LogP contribution >= 0.6 is 0 Å². The van der Waals surface area contributed by atoms with Crippen LogP contribution in [0.4, 0.5) is 24.5 Å². The van der Waals surface area contributed by atoms with Gasteiger partial charge in [0.15, 0.2) is 0 Å². The molecule has 4 aromatic carbocycles. The molecule has 13 nitrogen and oxygen atoms in total. The maximum absolute atomic E-state index is 13.9. The Bertz CT molecular complexity index is 2830. The van der Waals surface area contributed by atoms with Gasteiger partial charge in [-0.15, -0.1) is 0 Å². The van der Waals surface area contributed by atoms with Crippen molar-refractivity contribution in [1.29, 1.82) is 5.26 Å². The third kappa shape index (κ3) is 7.66. The summed E-state index contributed by atoms with van der Waals surface area (Å²) in [5.74, 6) is 1.25. The first-order chi connectivity index (χ1) is 29.1. The SMILES string of the molecule is CC1CCCCN1c1ccc(-c2nc(-c3ccc4nc[nH]c4c3)no2)cc1C#N.CC1CCCCN1c1ccc(-c2nc(-c3ccc4nc[nH]c4c3)no2)cc1C(F)(F)F. The lowest BCUT2D eigenvalue weighted by Gasteiger charge is -2.37. The van der Waals surface area contributed by atoms with Crippen molar-refractivity contribution in [3.05, 3.63) is 96.6 Å². The van der Waals surface area contributed by atoms with Crippen LogP contribution in [0.15, 0.2) is 94.5 Å². The lowest BCUT2D eigenvalue weighted by Crippen LogP contribution is -2.38. The second-order valence-electron chi connectivity index (χ2n) is 15.3. The van der Waals surface area contributed by atoms with Crippen LogP contribution in [0.5, 0.6) is 0 Å². The number of aromatic nitrogens is 8. The van der Waals surface area contributed by atoms with Gasteiger partial charge in [-0.25, -0.2) is 9.97 Å². The molecule has 2 unspecified atom stereocenters. The normalized spacial score (nSPS) is 17.1. The number of anilines is 2. The highest BCUT2D eigenvalue weighted by atomic mass is 19.4. The minimum Gasteiger partial charge on any atom is -0.368 e. The number of fused-ring (bicyclic) bond motifs is 2. The van der Waals surface area contributed by atoms with E-state index in [9.17, 15) is 18.4 Å². The van der Waals surface area contributed by atoms with Crippen molar-refractivity contribution in [3.8, 4) is 51.8 Å². The first kappa shape index (κ1) is 38.5. The number of halogens is 3. The number of benzene rings is 4. The maximum atomic E-state index is 13.9. The van der Waals surface area contributed by atoms with Gasteiger partial charge >= 0.3 is 6.18 Å². The van der Waals surface area contributed by atoms with Gasteiger partial charge < -0.3 is 28.8 Å². The number of hydrogen-bond donors (Lipinski definition) is 2. The molecule has 60 heavy (non-hydrogen) atoms. The van der Waals surface area contributed by atoms with E-state index in [1.807, 2.05) is 60.4 Å². The molecule has 0 aliphatic carbocycles. The topological polar surface area (TPSA) is 165 Å². The van der Waals surface area contributed by atoms with E-state index in [1.165, 1.54) is 12.5 Å². The number of piperidine rings is 2. The Morgan fingerprint density at radius 2 is 1.15 bits per heavy atom. The van der Waals surface area contributed by atoms with Gasteiger partial charge in [0, 0.05) is 53.1 Å². The van der Waals surface area contributed by atoms with Crippen LogP contribution in [0, 0.1) is 11.3 Å². The molecule has 304 valence electrons. The van der Waals surface area contributed by atoms with Crippen molar-refractivity contribution in [2.75, 3.05) is 22.9 Å². The van der Waals surface area contributed by atoms with Crippen molar-refractivity contribution in [2.45, 2.75) is 70.6 Å². The average molecular weight is 812 g/mol. The first-order valence-corrected chi connectivity index (χ1v) is 20.0. The van der Waals surface area contributed by atoms with E-state index < -0.39 is 11.7 Å². The van der Waals surface area contributed by atoms with Crippen LogP contribution < -0.4 is 9.80 Å². The molecule has 0 radical (unpaired) electrons. The fourth-order valence-corrected chi connectivity index (χ4v) is 8.13. The van der Waals surface area contributed by atoms with Gasteiger partial charge in [0.1, 0.15) is 6.07 Å². The van der Waals surface area contributed by atoms with Crippen LogP contribution in [-0.4, -0.2) is 65.4 Å². The zero-order valence-electron chi connectivity index (χ0n) is 32.9. The molecule has 2 aliphatic heterocycles. The number of imidazole rings is 2. The van der Waals surface area contributed by atoms with Gasteiger partial charge in [0.25, 0.3) is 11.8 Å². The highest BCUT2D eigenvalue weighted by Crippen LogP contribution is 2.41. The van der Waals surface area contributed by atoms with Crippen LogP contribution in [0.3, 0.4) is 0 Å². The lowest BCUT2D eigenvalue weighted by atomic mass is 9.99. The van der Waals surface area contributed by atoms with E-state index in [0.29, 0.717) is 41.3 Å². The number of alkyl halides is 3. The van der Waals surface area contributed by atoms with E-state index in [2.05, 4.69) is 58.1 Å². The van der Waals surface area contributed by atoms with Crippen LogP contribution in [0.2, 0.25) is 0 Å². The summed E-state index contributed by atoms with van der Waals surface area (Å²) >= 11 is 0. The smallest absolute Gasteiger partial charge is 0.368 e. The molecule has 0 bridgehead atoms. The molecule has 2 saturated heterocycles. The Morgan fingerprint density at radius 1 is 0.650 bits per heavy atom. The standard InChI is InChI=1S/C22H20F3N5O.C22H20N6O/c1-13-4-2-3-9-30(13)19-8-6-15(10-16(19)22(23,24)25)21-28-20(29-31-21)14-5-7-17-18(11-14)27-12-26-17;1-14-4-2-3-9-28(14)20-8-6-16(10-17(20)12-23)22-26-21(27-29-22)15-5-7-18-19(11-15)25-13-24-18/h5-8,10-13H,2-4,9H2,1H3,(H,26,27);5-8,10-11,13-14H,2-4,9H2,1H3,(H,24,25). The number of nitrogens with zero attached hydrogens (tertiary/aromatic N) is 9. The van der Waals surface area contributed by atoms with Gasteiger partial charge in [-0.3, -0.25) is 0 Å². The number of nitriles is 1. The summed E-state index contributed by atoms with van der Waals surface area (Å²) in [5, 5.41) is 17.8. The number of nitrogens with one attached hydrogen (secondary N) is 2. The van der Waals surface area contributed by atoms with Crippen LogP contribution in [0.1, 0.15) is 63.5 Å². The predicted molar refractivity (Wildman–Crippen MR) is 221 cm³/mol. The molecule has 0 saturated carbocycles. The molecule has 0 spiro atoms. The molecule has 2 atom stereocenters. The molecular formula is C44H40F3N11O2. The zero-order valence-corrected chi connectivity index (χ0v) is 32.9. The van der Waals surface area contributed by atoms with E-state index in [4.69, 9.17) is 9.05 Å². The molecule has 10 rings (SSSR count). The molecule has 16 heteroatoms. The molecule has 2 N–H and O–H groups in total. The number of H-pyrrole nitrogens is 2. The summed E-state index contributed by atoms with van der Waals surface area (Å²) < 4.78 is 52.5. The third-order valence-electron chi connectivity index (χ3n) is 11.3. The fraction of sp³-hybridized carbons (Fsp3) is 0.295. The van der Waals surface area contributed by atoms with E-state index in [1.54, 1.807) is 24.8 Å². The molecule has 2 aliphatic rings. The van der Waals surface area contributed by atoms with Gasteiger partial charge in [-0.1, -0.05) is 10.3 Å². The molecular weight excluding hydrogens is 772 g/mol. The van der Waals surface area contributed by atoms with E-state index in [0.717, 1.165) is 83.6 Å². The highest BCUT2D eigenvalue weighted by molar-refractivity contribution is 5.81. The predicted octanol–water partition coefficient (Wildman–Crippen LogP) is 10.2. The number of hydrogen-bond acceptors (Lipinski definition) is 11. The van der Waals surface area contributed by atoms with Crippen molar-refractivity contribution in [3.63, 3.8) is 0 Å². The Morgan fingerprint density at radius 3 is 1.67 bits per heavy atom. The third-order valence-corrected chi connectivity index (χ3v) is 11.3. The van der Waals surface area contributed by atoms with Crippen LogP contribution in [0.25, 0.3) is 67.8 Å². The second kappa shape index (κ2) is 16.0. The number of rotatable bonds is 6. The summed E-state index contributed by atoms with van der Waals surface area (Å²) in [5.41, 5.74) is 7.05. The lowest BCUT2D eigenvalue weighted by molar-refractivity contribution is -0.137. The van der Waals surface area contributed by atoms with Gasteiger partial charge in [-0.05, 0) is 125 Å². The molecule has 2 fully saturated rings. The van der Waals surface area contributed by atoms with Crippen molar-refractivity contribution in [2.24, 2.45) is 0 Å². The zero-order chi connectivity index (χ0) is 41.4. The maximum Gasteiger partial charge on any atom is 0.418 e. The fourth-order valence-electron chi connectivity index (χ4n) is 8.13. The summed E-state index contributed by atoms with van der Waals surface area (Å²) in [6.45, 7) is 5.78. The minimum atomic E-state index is -4.49. The summed E-state index contributed by atoms with van der Waals surface area (Å²) in [4.78, 5) is 27.5. The molecule has 0 amide bonds. The molecule has 6 heterocycles. The average Bonchev–Trinajstić information content (AvgIpc) is 4.11. The van der Waals surface area contributed by atoms with E-state index in [-0.39, 0.29) is 23.2 Å². The summed E-state index contributed by atoms with van der Waals surface area (Å²) in [7, 11) is 0. The Labute approximate surface area is 342 Å².